The minimum Gasteiger partial charge on any atom is -0.469 e. The van der Waals surface area contributed by atoms with Crippen molar-refractivity contribution in [3.8, 4) is 10.6 Å². The summed E-state index contributed by atoms with van der Waals surface area (Å²) in [6, 6.07) is 5.64. The van der Waals surface area contributed by atoms with E-state index in [9.17, 15) is 4.79 Å². The van der Waals surface area contributed by atoms with Crippen LogP contribution in [0.25, 0.3) is 10.6 Å². The largest absolute Gasteiger partial charge is 0.469 e. The molecule has 136 valence electrons. The Balaban J connectivity index is 1.44. The first-order valence-electron chi connectivity index (χ1n) is 8.77. The molecule has 1 aliphatic heterocycles. The first kappa shape index (κ1) is 17.0. The summed E-state index contributed by atoms with van der Waals surface area (Å²) in [5.74, 6) is 1.88. The number of likely N-dealkylation sites (tertiary alicyclic amines) is 1. The average molecular weight is 372 g/mol. The molecule has 1 amide bonds. The number of furan rings is 1. The first-order valence-corrected chi connectivity index (χ1v) is 9.54. The van der Waals surface area contributed by atoms with E-state index in [1.165, 1.54) is 11.5 Å². The fourth-order valence-electron chi connectivity index (χ4n) is 3.38. The summed E-state index contributed by atoms with van der Waals surface area (Å²) < 4.78 is 14.8. The van der Waals surface area contributed by atoms with Crippen molar-refractivity contribution in [3.63, 3.8) is 0 Å². The quantitative estimate of drug-likeness (QED) is 0.682. The van der Waals surface area contributed by atoms with Crippen LogP contribution < -0.4 is 0 Å². The van der Waals surface area contributed by atoms with Crippen molar-refractivity contribution in [2.45, 2.75) is 38.5 Å². The van der Waals surface area contributed by atoms with Crippen LogP contribution in [0.3, 0.4) is 0 Å². The number of carbonyl (C=O) groups excluding carboxylic acids is 1. The molecule has 1 atom stereocenters. The third-order valence-corrected chi connectivity index (χ3v) is 5.45. The molecular weight excluding hydrogens is 352 g/mol. The Morgan fingerprint density at radius 2 is 2.38 bits per heavy atom. The Hall–Kier alpha value is -2.48. The van der Waals surface area contributed by atoms with Gasteiger partial charge in [0.1, 0.15) is 10.6 Å². The third kappa shape index (κ3) is 3.55. The first-order chi connectivity index (χ1) is 12.7. The number of hydrogen-bond donors (Lipinski definition) is 0. The lowest BCUT2D eigenvalue weighted by atomic mass is 9.93. The van der Waals surface area contributed by atoms with E-state index in [-0.39, 0.29) is 11.8 Å². The lowest BCUT2D eigenvalue weighted by Gasteiger charge is -2.32. The molecule has 0 radical (unpaired) electrons. The van der Waals surface area contributed by atoms with Gasteiger partial charge in [0.05, 0.1) is 17.7 Å². The van der Waals surface area contributed by atoms with E-state index in [0.717, 1.165) is 41.4 Å². The van der Waals surface area contributed by atoms with Crippen LogP contribution in [0.2, 0.25) is 0 Å². The van der Waals surface area contributed by atoms with Crippen molar-refractivity contribution < 1.29 is 13.7 Å². The zero-order valence-corrected chi connectivity index (χ0v) is 15.4. The SMILES string of the molecule is Cc1cc(-c2snnc2C2CCCN(C(=O)CCc3ccco3)C2)on1. The van der Waals surface area contributed by atoms with Crippen LogP contribution in [0.4, 0.5) is 0 Å². The molecule has 8 heteroatoms. The standard InChI is InChI=1S/C18H20N4O3S/c1-12-10-15(25-20-12)18-17(19-21-26-18)13-4-2-8-22(11-13)16(23)7-6-14-5-3-9-24-14/h3,5,9-10,13H,2,4,6-8,11H2,1H3. The van der Waals surface area contributed by atoms with Gasteiger partial charge in [-0.05, 0) is 43.4 Å². The number of hydrogen-bond acceptors (Lipinski definition) is 7. The van der Waals surface area contributed by atoms with Gasteiger partial charge in [-0.25, -0.2) is 0 Å². The predicted molar refractivity (Wildman–Crippen MR) is 95.7 cm³/mol. The van der Waals surface area contributed by atoms with E-state index >= 15 is 0 Å². The maximum atomic E-state index is 12.6. The second kappa shape index (κ2) is 7.41. The van der Waals surface area contributed by atoms with Crippen LogP contribution in [-0.2, 0) is 11.2 Å². The van der Waals surface area contributed by atoms with Gasteiger partial charge in [-0.3, -0.25) is 4.79 Å². The number of rotatable bonds is 5. The summed E-state index contributed by atoms with van der Waals surface area (Å²) in [7, 11) is 0. The van der Waals surface area contributed by atoms with Crippen molar-refractivity contribution in [2.75, 3.05) is 13.1 Å². The molecule has 4 rings (SSSR count). The molecule has 1 unspecified atom stereocenters. The fraction of sp³-hybridized carbons (Fsp3) is 0.444. The fourth-order valence-corrected chi connectivity index (χ4v) is 4.07. The topological polar surface area (TPSA) is 85.3 Å². The van der Waals surface area contributed by atoms with Gasteiger partial charge in [-0.2, -0.15) is 0 Å². The molecule has 1 aliphatic rings. The molecule has 0 spiro atoms. The number of carbonyl (C=O) groups is 1. The van der Waals surface area contributed by atoms with Crippen molar-refractivity contribution in [1.82, 2.24) is 19.6 Å². The molecule has 3 aromatic rings. The van der Waals surface area contributed by atoms with Crippen LogP contribution in [0.15, 0.2) is 33.4 Å². The van der Waals surface area contributed by atoms with Crippen molar-refractivity contribution in [3.05, 3.63) is 41.6 Å². The number of aromatic nitrogens is 3. The maximum absolute atomic E-state index is 12.6. The monoisotopic (exact) mass is 372 g/mol. The van der Waals surface area contributed by atoms with Crippen LogP contribution in [-0.4, -0.2) is 38.6 Å². The maximum Gasteiger partial charge on any atom is 0.223 e. The molecule has 0 bridgehead atoms. The highest BCUT2D eigenvalue weighted by Crippen LogP contribution is 2.35. The molecule has 0 saturated carbocycles. The Morgan fingerprint density at radius 3 is 3.15 bits per heavy atom. The number of amides is 1. The van der Waals surface area contributed by atoms with Gasteiger partial charge >= 0.3 is 0 Å². The van der Waals surface area contributed by atoms with Crippen molar-refractivity contribution >= 4 is 17.4 Å². The lowest BCUT2D eigenvalue weighted by molar-refractivity contribution is -0.132. The van der Waals surface area contributed by atoms with Gasteiger partial charge in [0, 0.05) is 37.9 Å². The van der Waals surface area contributed by atoms with Crippen LogP contribution >= 0.6 is 11.5 Å². The van der Waals surface area contributed by atoms with Crippen LogP contribution in [0.1, 0.15) is 42.3 Å². The molecule has 0 aliphatic carbocycles. The normalized spacial score (nSPS) is 17.6. The Bertz CT molecular complexity index is 871. The van der Waals surface area contributed by atoms with Crippen LogP contribution in [0.5, 0.6) is 0 Å². The van der Waals surface area contributed by atoms with Gasteiger partial charge in [-0.1, -0.05) is 9.64 Å². The van der Waals surface area contributed by atoms with E-state index in [1.54, 1.807) is 6.26 Å². The van der Waals surface area contributed by atoms with E-state index < -0.39 is 0 Å². The van der Waals surface area contributed by atoms with Gasteiger partial charge in [-0.15, -0.1) is 5.10 Å². The molecular formula is C18H20N4O3S. The van der Waals surface area contributed by atoms with E-state index in [4.69, 9.17) is 8.94 Å². The van der Waals surface area contributed by atoms with Crippen LogP contribution in [0, 0.1) is 6.92 Å². The minimum atomic E-state index is 0.159. The van der Waals surface area contributed by atoms with Gasteiger partial charge < -0.3 is 13.8 Å². The highest BCUT2D eigenvalue weighted by atomic mass is 32.1. The molecule has 1 fully saturated rings. The summed E-state index contributed by atoms with van der Waals surface area (Å²) >= 11 is 1.32. The summed E-state index contributed by atoms with van der Waals surface area (Å²) in [6.07, 6.45) is 4.69. The lowest BCUT2D eigenvalue weighted by Crippen LogP contribution is -2.39. The zero-order valence-electron chi connectivity index (χ0n) is 14.6. The molecule has 1 saturated heterocycles. The average Bonchev–Trinajstić information content (AvgIpc) is 3.40. The molecule has 0 aromatic carbocycles. The van der Waals surface area contributed by atoms with E-state index in [0.29, 0.717) is 25.1 Å². The number of nitrogens with zero attached hydrogens (tertiary/aromatic N) is 4. The third-order valence-electron chi connectivity index (χ3n) is 4.69. The smallest absolute Gasteiger partial charge is 0.223 e. The predicted octanol–water partition coefficient (Wildman–Crippen LogP) is 3.43. The number of piperidine rings is 1. The summed E-state index contributed by atoms with van der Waals surface area (Å²) in [6.45, 7) is 3.35. The van der Waals surface area contributed by atoms with Crippen molar-refractivity contribution in [2.24, 2.45) is 0 Å². The highest BCUT2D eigenvalue weighted by molar-refractivity contribution is 7.09. The number of aryl methyl sites for hydroxylation is 2. The minimum absolute atomic E-state index is 0.159. The molecule has 7 nitrogen and oxygen atoms in total. The second-order valence-electron chi connectivity index (χ2n) is 6.58. The zero-order chi connectivity index (χ0) is 17.9. The molecule has 26 heavy (non-hydrogen) atoms. The van der Waals surface area contributed by atoms with Gasteiger partial charge in [0.15, 0.2) is 5.76 Å². The Morgan fingerprint density at radius 1 is 1.46 bits per heavy atom. The van der Waals surface area contributed by atoms with Gasteiger partial charge in [0.2, 0.25) is 5.91 Å². The summed E-state index contributed by atoms with van der Waals surface area (Å²) in [5, 5.41) is 8.29. The van der Waals surface area contributed by atoms with Crippen molar-refractivity contribution in [1.29, 1.82) is 0 Å². The highest BCUT2D eigenvalue weighted by Gasteiger charge is 2.29. The summed E-state index contributed by atoms with van der Waals surface area (Å²) in [4.78, 5) is 15.4. The molecule has 4 heterocycles. The van der Waals surface area contributed by atoms with E-state index in [1.807, 2.05) is 30.0 Å². The van der Waals surface area contributed by atoms with Gasteiger partial charge in [0.25, 0.3) is 0 Å². The second-order valence-corrected chi connectivity index (χ2v) is 7.33. The molecule has 3 aromatic heterocycles. The van der Waals surface area contributed by atoms with E-state index in [2.05, 4.69) is 14.7 Å². The summed E-state index contributed by atoms with van der Waals surface area (Å²) in [5.41, 5.74) is 1.74. The molecule has 0 N–H and O–H groups in total. The Kier molecular flexibility index (Phi) is 4.83. The Labute approximate surface area is 155 Å².